The van der Waals surface area contributed by atoms with Gasteiger partial charge in [-0.15, -0.1) is 22.7 Å². The van der Waals surface area contributed by atoms with E-state index in [2.05, 4.69) is 0 Å². The summed E-state index contributed by atoms with van der Waals surface area (Å²) in [5.74, 6) is -1.77. The van der Waals surface area contributed by atoms with Crippen molar-refractivity contribution in [2.75, 3.05) is 7.11 Å². The van der Waals surface area contributed by atoms with Gasteiger partial charge < -0.3 is 15.4 Å². The maximum atomic E-state index is 14.2. The summed E-state index contributed by atoms with van der Waals surface area (Å²) in [6.45, 7) is 1.97. The number of carbonyl (C=O) groups excluding carboxylic acids is 3. The molecule has 36 heavy (non-hydrogen) atoms. The number of thiophene rings is 2. The van der Waals surface area contributed by atoms with Crippen LogP contribution in [0.15, 0.2) is 47.8 Å². The lowest BCUT2D eigenvalue weighted by Crippen LogP contribution is -2.49. The average molecular weight is 543 g/mol. The maximum absolute atomic E-state index is 14.2. The Morgan fingerprint density at radius 2 is 1.92 bits per heavy atom. The normalized spacial score (nSPS) is 23.9. The molecule has 1 aliphatic heterocycles. The molecular formula is C27H27ClN2O4S2. The van der Waals surface area contributed by atoms with Gasteiger partial charge in [0.25, 0.3) is 0 Å². The first-order valence-electron chi connectivity index (χ1n) is 11.9. The van der Waals surface area contributed by atoms with Gasteiger partial charge in [-0.2, -0.15) is 0 Å². The summed E-state index contributed by atoms with van der Waals surface area (Å²) in [6, 6.07) is 11.2. The summed E-state index contributed by atoms with van der Waals surface area (Å²) in [4.78, 5) is 44.4. The molecule has 4 unspecified atom stereocenters. The SMILES string of the molecule is COc1cccc(C2C(C(=O)c3ccc(Cl)s3)C(c3sccc3C)N(C(=O)C3CCC3)C2C(N)=O)c1. The molecule has 2 N–H and O–H groups in total. The van der Waals surface area contributed by atoms with Gasteiger partial charge in [-0.25, -0.2) is 0 Å². The van der Waals surface area contributed by atoms with Gasteiger partial charge in [0.1, 0.15) is 11.8 Å². The average Bonchev–Trinajstić information content (AvgIpc) is 3.53. The second kappa shape index (κ2) is 10.00. The lowest BCUT2D eigenvalue weighted by atomic mass is 9.78. The van der Waals surface area contributed by atoms with Crippen molar-refractivity contribution in [2.24, 2.45) is 17.6 Å². The Hall–Kier alpha value is -2.68. The zero-order chi connectivity index (χ0) is 25.6. The lowest BCUT2D eigenvalue weighted by Gasteiger charge is -2.36. The third kappa shape index (κ3) is 4.25. The Labute approximate surface area is 223 Å². The zero-order valence-electron chi connectivity index (χ0n) is 20.0. The van der Waals surface area contributed by atoms with E-state index in [1.807, 2.05) is 42.6 Å². The number of rotatable bonds is 7. The molecule has 2 aliphatic rings. The van der Waals surface area contributed by atoms with Gasteiger partial charge in [0.05, 0.1) is 28.3 Å². The quantitative estimate of drug-likeness (QED) is 0.393. The topological polar surface area (TPSA) is 89.7 Å². The van der Waals surface area contributed by atoms with Gasteiger partial charge in [0.15, 0.2) is 5.78 Å². The maximum Gasteiger partial charge on any atom is 0.240 e. The monoisotopic (exact) mass is 542 g/mol. The van der Waals surface area contributed by atoms with Crippen LogP contribution in [-0.4, -0.2) is 35.6 Å². The number of likely N-dealkylation sites (tertiary alicyclic amines) is 1. The molecule has 6 nitrogen and oxygen atoms in total. The molecule has 4 atom stereocenters. The number of benzene rings is 1. The van der Waals surface area contributed by atoms with Crippen molar-refractivity contribution in [1.82, 2.24) is 4.90 Å². The number of methoxy groups -OCH3 is 1. The molecule has 2 fully saturated rings. The molecule has 1 saturated heterocycles. The molecule has 9 heteroatoms. The number of nitrogens with two attached hydrogens (primary N) is 1. The molecule has 2 amide bonds. The van der Waals surface area contributed by atoms with Crippen LogP contribution in [-0.2, 0) is 9.59 Å². The Morgan fingerprint density at radius 3 is 2.47 bits per heavy atom. The van der Waals surface area contributed by atoms with Crippen molar-refractivity contribution in [1.29, 1.82) is 0 Å². The molecule has 188 valence electrons. The van der Waals surface area contributed by atoms with Crippen LogP contribution in [0.5, 0.6) is 5.75 Å². The number of aryl methyl sites for hydroxylation is 1. The van der Waals surface area contributed by atoms with E-state index < -0.39 is 29.8 Å². The molecule has 0 radical (unpaired) electrons. The number of nitrogens with zero attached hydrogens (tertiary/aromatic N) is 1. The molecule has 3 heterocycles. The Bertz CT molecular complexity index is 1310. The Morgan fingerprint density at radius 1 is 1.14 bits per heavy atom. The minimum absolute atomic E-state index is 0.102. The van der Waals surface area contributed by atoms with Gasteiger partial charge >= 0.3 is 0 Å². The van der Waals surface area contributed by atoms with Crippen LogP contribution in [0.25, 0.3) is 0 Å². The number of primary amides is 1. The fourth-order valence-corrected chi connectivity index (χ4v) is 7.60. The van der Waals surface area contributed by atoms with Crippen LogP contribution in [0.2, 0.25) is 4.34 Å². The van der Waals surface area contributed by atoms with E-state index in [1.54, 1.807) is 24.1 Å². The van der Waals surface area contributed by atoms with Gasteiger partial charge in [0.2, 0.25) is 11.8 Å². The van der Waals surface area contributed by atoms with Crippen molar-refractivity contribution in [3.05, 3.63) is 73.1 Å². The fraction of sp³-hybridized carbons (Fsp3) is 0.370. The van der Waals surface area contributed by atoms with E-state index in [9.17, 15) is 14.4 Å². The summed E-state index contributed by atoms with van der Waals surface area (Å²) in [6.07, 6.45) is 2.53. The summed E-state index contributed by atoms with van der Waals surface area (Å²) < 4.78 is 5.96. The number of hydrogen-bond donors (Lipinski definition) is 1. The van der Waals surface area contributed by atoms with Gasteiger partial charge in [-0.1, -0.05) is 30.2 Å². The number of ketones is 1. The first kappa shape index (κ1) is 25.0. The highest BCUT2D eigenvalue weighted by molar-refractivity contribution is 7.18. The second-order valence-corrected chi connectivity index (χ2v) is 12.1. The third-order valence-corrected chi connectivity index (χ3v) is 9.77. The second-order valence-electron chi connectivity index (χ2n) is 9.43. The van der Waals surface area contributed by atoms with E-state index in [-0.39, 0.29) is 17.6 Å². The predicted octanol–water partition coefficient (Wildman–Crippen LogP) is 5.60. The van der Waals surface area contributed by atoms with Crippen LogP contribution in [0.1, 0.15) is 56.9 Å². The predicted molar refractivity (Wildman–Crippen MR) is 142 cm³/mol. The lowest BCUT2D eigenvalue weighted by molar-refractivity contribution is -0.145. The number of carbonyl (C=O) groups is 3. The smallest absolute Gasteiger partial charge is 0.240 e. The number of halogens is 1. The highest BCUT2D eigenvalue weighted by Gasteiger charge is 2.58. The number of hydrogen-bond acceptors (Lipinski definition) is 6. The van der Waals surface area contributed by atoms with Crippen molar-refractivity contribution in [3.8, 4) is 5.75 Å². The van der Waals surface area contributed by atoms with Crippen molar-refractivity contribution >= 4 is 51.9 Å². The standard InChI is InChI=1S/C27H27ClN2O4S2/c1-14-11-12-35-25(14)22-21(24(31)18-9-10-19(28)36-18)20(16-7-4-8-17(13-16)34-2)23(26(29)32)30(22)27(33)15-5-3-6-15/h4,7-13,15,20-23H,3,5-6H2,1-2H3,(H2,29,32). The van der Waals surface area contributed by atoms with Gasteiger partial charge in [-0.3, -0.25) is 14.4 Å². The van der Waals surface area contributed by atoms with Crippen LogP contribution < -0.4 is 10.5 Å². The van der Waals surface area contributed by atoms with Crippen molar-refractivity contribution in [3.63, 3.8) is 0 Å². The molecule has 1 aromatic carbocycles. The largest absolute Gasteiger partial charge is 0.497 e. The van der Waals surface area contributed by atoms with Crippen molar-refractivity contribution in [2.45, 2.75) is 44.2 Å². The van der Waals surface area contributed by atoms with E-state index in [4.69, 9.17) is 22.1 Å². The number of Topliss-reactive ketones (excluding diaryl/α,β-unsaturated/α-hetero) is 1. The van der Waals surface area contributed by atoms with E-state index >= 15 is 0 Å². The minimum Gasteiger partial charge on any atom is -0.497 e. The summed E-state index contributed by atoms with van der Waals surface area (Å²) in [7, 11) is 1.57. The molecule has 0 spiro atoms. The minimum atomic E-state index is -0.971. The molecule has 3 aromatic rings. The van der Waals surface area contributed by atoms with E-state index in [0.717, 1.165) is 35.3 Å². The fourth-order valence-electron chi connectivity index (χ4n) is 5.50. The highest BCUT2D eigenvalue weighted by Crippen LogP contribution is 2.54. The number of ether oxygens (including phenoxy) is 1. The molecule has 1 saturated carbocycles. The summed E-state index contributed by atoms with van der Waals surface area (Å²) >= 11 is 8.91. The first-order valence-corrected chi connectivity index (χ1v) is 14.0. The van der Waals surface area contributed by atoms with Gasteiger partial charge in [0, 0.05) is 16.7 Å². The first-order chi connectivity index (χ1) is 17.3. The Kier molecular flexibility index (Phi) is 6.94. The van der Waals surface area contributed by atoms with Crippen molar-refractivity contribution < 1.29 is 19.1 Å². The summed E-state index contributed by atoms with van der Waals surface area (Å²) in [5, 5.41) is 1.96. The molecule has 2 aromatic heterocycles. The van der Waals surface area contributed by atoms with Crippen LogP contribution in [0, 0.1) is 18.8 Å². The van der Waals surface area contributed by atoms with E-state index in [1.165, 1.54) is 22.7 Å². The van der Waals surface area contributed by atoms with E-state index in [0.29, 0.717) is 15.0 Å². The summed E-state index contributed by atoms with van der Waals surface area (Å²) in [5.41, 5.74) is 7.77. The number of amides is 2. The van der Waals surface area contributed by atoms with Crippen LogP contribution >= 0.6 is 34.3 Å². The zero-order valence-corrected chi connectivity index (χ0v) is 22.4. The molecule has 1 aliphatic carbocycles. The van der Waals surface area contributed by atoms with Crippen LogP contribution in [0.4, 0.5) is 0 Å². The van der Waals surface area contributed by atoms with Gasteiger partial charge in [-0.05, 0) is 66.6 Å². The Balaban J connectivity index is 1.75. The molecular weight excluding hydrogens is 516 g/mol. The van der Waals surface area contributed by atoms with Crippen LogP contribution in [0.3, 0.4) is 0 Å². The third-order valence-electron chi connectivity index (χ3n) is 7.43. The highest BCUT2D eigenvalue weighted by atomic mass is 35.5. The molecule has 0 bridgehead atoms. The molecule has 5 rings (SSSR count).